The molecule has 0 saturated heterocycles. The zero-order chi connectivity index (χ0) is 14.0. The SMILES string of the molecule is CCOC(=O)c1cnc2n(c1=O)CCC(C)/C2=C/O. The number of rotatable bonds is 2. The highest BCUT2D eigenvalue weighted by Gasteiger charge is 2.25. The Balaban J connectivity index is 2.53. The third kappa shape index (κ3) is 2.25. The monoisotopic (exact) mass is 264 g/mol. The lowest BCUT2D eigenvalue weighted by atomic mass is 9.94. The van der Waals surface area contributed by atoms with Crippen molar-refractivity contribution >= 4 is 11.5 Å². The number of hydrogen-bond acceptors (Lipinski definition) is 5. The molecule has 0 saturated carbocycles. The first-order valence-corrected chi connectivity index (χ1v) is 6.21. The lowest BCUT2D eigenvalue weighted by Crippen LogP contribution is -2.34. The molecule has 1 atom stereocenters. The third-order valence-corrected chi connectivity index (χ3v) is 3.26. The van der Waals surface area contributed by atoms with Gasteiger partial charge < -0.3 is 9.84 Å². The molecule has 0 spiro atoms. The van der Waals surface area contributed by atoms with E-state index in [2.05, 4.69) is 4.98 Å². The Labute approximate surface area is 110 Å². The summed E-state index contributed by atoms with van der Waals surface area (Å²) in [4.78, 5) is 28.0. The molecule has 0 radical (unpaired) electrons. The molecule has 0 fully saturated rings. The van der Waals surface area contributed by atoms with Gasteiger partial charge in [0.25, 0.3) is 5.56 Å². The zero-order valence-electron chi connectivity index (χ0n) is 10.9. The summed E-state index contributed by atoms with van der Waals surface area (Å²) in [5.74, 6) is -0.118. The maximum atomic E-state index is 12.2. The number of allylic oxidation sites excluding steroid dienone is 1. The molecule has 19 heavy (non-hydrogen) atoms. The van der Waals surface area contributed by atoms with Crippen LogP contribution in [0.25, 0.3) is 5.57 Å². The summed E-state index contributed by atoms with van der Waals surface area (Å²) < 4.78 is 6.23. The summed E-state index contributed by atoms with van der Waals surface area (Å²) in [6.07, 6.45) is 2.91. The first-order valence-electron chi connectivity index (χ1n) is 6.21. The van der Waals surface area contributed by atoms with E-state index in [-0.39, 0.29) is 18.1 Å². The van der Waals surface area contributed by atoms with Gasteiger partial charge in [0.1, 0.15) is 11.4 Å². The molecule has 1 N–H and O–H groups in total. The maximum absolute atomic E-state index is 12.2. The predicted octanol–water partition coefficient (Wildman–Crippen LogP) is 1.36. The number of fused-ring (bicyclic) bond motifs is 1. The Morgan fingerprint density at radius 2 is 2.42 bits per heavy atom. The number of ether oxygens (including phenoxy) is 1. The largest absolute Gasteiger partial charge is 0.515 e. The van der Waals surface area contributed by atoms with Gasteiger partial charge in [-0.2, -0.15) is 0 Å². The van der Waals surface area contributed by atoms with Crippen LogP contribution in [0.2, 0.25) is 0 Å². The van der Waals surface area contributed by atoms with Crippen LogP contribution in [0.5, 0.6) is 0 Å². The molecule has 1 unspecified atom stereocenters. The van der Waals surface area contributed by atoms with Crippen LogP contribution >= 0.6 is 0 Å². The van der Waals surface area contributed by atoms with Crippen LogP contribution in [0.15, 0.2) is 17.3 Å². The summed E-state index contributed by atoms with van der Waals surface area (Å²) in [5, 5.41) is 9.25. The van der Waals surface area contributed by atoms with Crippen molar-refractivity contribution in [1.29, 1.82) is 0 Å². The number of esters is 1. The zero-order valence-corrected chi connectivity index (χ0v) is 10.9. The number of carbonyl (C=O) groups is 1. The summed E-state index contributed by atoms with van der Waals surface area (Å²) in [6, 6.07) is 0. The topological polar surface area (TPSA) is 81.4 Å². The van der Waals surface area contributed by atoms with Crippen LogP contribution in [0.3, 0.4) is 0 Å². The van der Waals surface area contributed by atoms with Crippen LogP contribution in [0.4, 0.5) is 0 Å². The van der Waals surface area contributed by atoms with Crippen molar-refractivity contribution in [2.24, 2.45) is 5.92 Å². The van der Waals surface area contributed by atoms with E-state index < -0.39 is 11.5 Å². The number of aliphatic hydroxyl groups excluding tert-OH is 1. The van der Waals surface area contributed by atoms with Gasteiger partial charge in [-0.15, -0.1) is 0 Å². The summed E-state index contributed by atoms with van der Waals surface area (Å²) in [7, 11) is 0. The van der Waals surface area contributed by atoms with E-state index in [9.17, 15) is 14.7 Å². The molecule has 102 valence electrons. The minimum absolute atomic E-state index is 0.0718. The lowest BCUT2D eigenvalue weighted by molar-refractivity contribution is 0.0522. The van der Waals surface area contributed by atoms with Crippen molar-refractivity contribution in [3.05, 3.63) is 34.2 Å². The molecular formula is C13H16N2O4. The second-order valence-corrected chi connectivity index (χ2v) is 4.45. The second kappa shape index (κ2) is 5.26. The van der Waals surface area contributed by atoms with E-state index in [0.717, 1.165) is 6.26 Å². The van der Waals surface area contributed by atoms with E-state index in [4.69, 9.17) is 4.74 Å². The number of aliphatic hydroxyl groups is 1. The van der Waals surface area contributed by atoms with E-state index in [0.29, 0.717) is 24.4 Å². The minimum Gasteiger partial charge on any atom is -0.515 e. The summed E-state index contributed by atoms with van der Waals surface area (Å²) in [5.41, 5.74) is 0.117. The van der Waals surface area contributed by atoms with Crippen molar-refractivity contribution in [3.63, 3.8) is 0 Å². The van der Waals surface area contributed by atoms with Crippen LogP contribution in [0.1, 0.15) is 36.5 Å². The van der Waals surface area contributed by atoms with Gasteiger partial charge in [-0.1, -0.05) is 6.92 Å². The Morgan fingerprint density at radius 3 is 3.05 bits per heavy atom. The fourth-order valence-corrected chi connectivity index (χ4v) is 2.16. The first-order chi connectivity index (χ1) is 9.10. The lowest BCUT2D eigenvalue weighted by Gasteiger charge is -2.24. The Bertz CT molecular complexity index is 589. The van der Waals surface area contributed by atoms with Gasteiger partial charge in [0.2, 0.25) is 0 Å². The van der Waals surface area contributed by atoms with E-state index in [1.165, 1.54) is 10.8 Å². The van der Waals surface area contributed by atoms with E-state index >= 15 is 0 Å². The number of carbonyl (C=O) groups excluding carboxylic acids is 1. The highest BCUT2D eigenvalue weighted by atomic mass is 16.5. The average molecular weight is 264 g/mol. The van der Waals surface area contributed by atoms with Gasteiger partial charge in [0, 0.05) is 18.3 Å². The molecule has 2 rings (SSSR count). The van der Waals surface area contributed by atoms with Crippen LogP contribution in [0, 0.1) is 5.92 Å². The third-order valence-electron chi connectivity index (χ3n) is 3.26. The van der Waals surface area contributed by atoms with Crippen LogP contribution in [-0.2, 0) is 11.3 Å². The summed E-state index contributed by atoms with van der Waals surface area (Å²) in [6.45, 7) is 4.32. The van der Waals surface area contributed by atoms with Crippen molar-refractivity contribution < 1.29 is 14.6 Å². The van der Waals surface area contributed by atoms with Crippen molar-refractivity contribution in [2.75, 3.05) is 6.61 Å². The normalized spacial score (nSPS) is 20.1. The molecule has 0 aromatic carbocycles. The highest BCUT2D eigenvalue weighted by molar-refractivity contribution is 5.88. The molecule has 1 aromatic heterocycles. The number of hydrogen-bond donors (Lipinski definition) is 1. The quantitative estimate of drug-likeness (QED) is 0.644. The molecule has 1 aromatic rings. The Hall–Kier alpha value is -2.11. The molecule has 2 heterocycles. The fourth-order valence-electron chi connectivity index (χ4n) is 2.16. The van der Waals surface area contributed by atoms with Crippen molar-refractivity contribution in [1.82, 2.24) is 9.55 Å². The molecule has 6 heteroatoms. The average Bonchev–Trinajstić information content (AvgIpc) is 2.39. The van der Waals surface area contributed by atoms with Crippen LogP contribution < -0.4 is 5.56 Å². The predicted molar refractivity (Wildman–Crippen MR) is 68.8 cm³/mol. The van der Waals surface area contributed by atoms with Gasteiger partial charge in [0.15, 0.2) is 0 Å². The number of aromatic nitrogens is 2. The van der Waals surface area contributed by atoms with Gasteiger partial charge >= 0.3 is 5.97 Å². The molecule has 1 aliphatic rings. The first kappa shape index (κ1) is 13.3. The molecule has 6 nitrogen and oxygen atoms in total. The van der Waals surface area contributed by atoms with E-state index in [1.54, 1.807) is 6.92 Å². The molecular weight excluding hydrogens is 248 g/mol. The Morgan fingerprint density at radius 1 is 1.68 bits per heavy atom. The van der Waals surface area contributed by atoms with Gasteiger partial charge in [0.05, 0.1) is 12.9 Å². The fraction of sp³-hybridized carbons (Fsp3) is 0.462. The molecule has 0 bridgehead atoms. The number of nitrogens with zero attached hydrogens (tertiary/aromatic N) is 2. The summed E-state index contributed by atoms with van der Waals surface area (Å²) >= 11 is 0. The van der Waals surface area contributed by atoms with Gasteiger partial charge in [-0.25, -0.2) is 9.78 Å². The van der Waals surface area contributed by atoms with Crippen molar-refractivity contribution in [3.8, 4) is 0 Å². The highest BCUT2D eigenvalue weighted by Crippen LogP contribution is 2.28. The Kier molecular flexibility index (Phi) is 3.69. The van der Waals surface area contributed by atoms with Crippen molar-refractivity contribution in [2.45, 2.75) is 26.8 Å². The molecule has 0 amide bonds. The van der Waals surface area contributed by atoms with Gasteiger partial charge in [-0.05, 0) is 19.3 Å². The molecule has 0 aliphatic carbocycles. The van der Waals surface area contributed by atoms with E-state index in [1.807, 2.05) is 6.92 Å². The van der Waals surface area contributed by atoms with Crippen LogP contribution in [-0.4, -0.2) is 27.2 Å². The second-order valence-electron chi connectivity index (χ2n) is 4.45. The minimum atomic E-state index is -0.663. The van der Waals surface area contributed by atoms with Gasteiger partial charge in [-0.3, -0.25) is 9.36 Å². The smallest absolute Gasteiger partial charge is 0.345 e. The standard InChI is InChI=1S/C13H16N2O4/c1-3-19-13(18)9-6-14-11-10(7-16)8(2)4-5-15(11)12(9)17/h6-8,16H,3-5H2,1-2H3/b10-7-. The molecule has 1 aliphatic heterocycles. The maximum Gasteiger partial charge on any atom is 0.345 e.